The van der Waals surface area contributed by atoms with Crippen LogP contribution in [0.3, 0.4) is 0 Å². The Bertz CT molecular complexity index is 2320. The third-order valence-electron chi connectivity index (χ3n) is 9.77. The molecule has 1 unspecified atom stereocenters. The van der Waals surface area contributed by atoms with Crippen molar-refractivity contribution in [3.05, 3.63) is 149 Å². The molecule has 0 N–H and O–H groups in total. The number of hydrogen-bond acceptors (Lipinski definition) is 3. The van der Waals surface area contributed by atoms with Crippen molar-refractivity contribution in [3.8, 4) is 22.6 Å². The number of methoxy groups -OCH3 is 1. The van der Waals surface area contributed by atoms with Gasteiger partial charge in [-0.05, 0) is 64.0 Å². The summed E-state index contributed by atoms with van der Waals surface area (Å²) in [7, 11) is 1.71. The predicted molar refractivity (Wildman–Crippen MR) is 184 cm³/mol. The summed E-state index contributed by atoms with van der Waals surface area (Å²) in [4.78, 5) is 0. The number of hydrogen-bond donors (Lipinski definition) is 0. The summed E-state index contributed by atoms with van der Waals surface area (Å²) in [5.74, 6) is 1.76. The third kappa shape index (κ3) is 3.36. The van der Waals surface area contributed by atoms with E-state index in [9.17, 15) is 0 Å². The van der Waals surface area contributed by atoms with Crippen molar-refractivity contribution >= 4 is 48.4 Å². The summed E-state index contributed by atoms with van der Waals surface area (Å²) >= 11 is 1.84. The van der Waals surface area contributed by atoms with E-state index in [4.69, 9.17) is 9.47 Å². The molecule has 2 aliphatic rings. The molecule has 2 heterocycles. The lowest BCUT2D eigenvalue weighted by atomic mass is 9.76. The topological polar surface area (TPSA) is 18.5 Å². The first-order valence-corrected chi connectivity index (χ1v) is 15.9. The van der Waals surface area contributed by atoms with Gasteiger partial charge in [0.15, 0.2) is 5.60 Å². The molecule has 3 heteroatoms. The van der Waals surface area contributed by atoms with Crippen LogP contribution in [-0.4, -0.2) is 7.11 Å². The second-order valence-corrected chi connectivity index (χ2v) is 13.5. The van der Waals surface area contributed by atoms with E-state index in [1.54, 1.807) is 7.11 Å². The molecule has 0 fully saturated rings. The average molecular weight is 587 g/mol. The molecule has 0 saturated heterocycles. The molecule has 9 rings (SSSR count). The van der Waals surface area contributed by atoms with E-state index in [1.807, 2.05) is 23.5 Å². The van der Waals surface area contributed by atoms with Crippen molar-refractivity contribution in [2.45, 2.75) is 24.9 Å². The zero-order valence-electron chi connectivity index (χ0n) is 24.8. The molecule has 0 radical (unpaired) electrons. The normalized spacial score (nSPS) is 17.8. The van der Waals surface area contributed by atoms with Crippen molar-refractivity contribution in [2.75, 3.05) is 7.11 Å². The fourth-order valence-electron chi connectivity index (χ4n) is 7.67. The Kier molecular flexibility index (Phi) is 5.28. The van der Waals surface area contributed by atoms with Gasteiger partial charge in [0.2, 0.25) is 0 Å². The van der Waals surface area contributed by atoms with Crippen LogP contribution in [0.2, 0.25) is 0 Å². The Labute approximate surface area is 260 Å². The maximum Gasteiger partial charge on any atom is 0.178 e. The van der Waals surface area contributed by atoms with Crippen LogP contribution in [-0.2, 0) is 11.0 Å². The molecule has 212 valence electrons. The first kappa shape index (κ1) is 25.6. The zero-order chi connectivity index (χ0) is 29.6. The molecule has 1 atom stereocenters. The molecular weight excluding hydrogens is 557 g/mol. The lowest BCUT2D eigenvalue weighted by molar-refractivity contribution is 0.163. The van der Waals surface area contributed by atoms with Crippen molar-refractivity contribution < 1.29 is 9.47 Å². The lowest BCUT2D eigenvalue weighted by Crippen LogP contribution is -2.35. The maximum atomic E-state index is 7.51. The van der Waals surface area contributed by atoms with Crippen LogP contribution >= 0.6 is 11.3 Å². The van der Waals surface area contributed by atoms with Gasteiger partial charge in [-0.1, -0.05) is 105 Å². The van der Waals surface area contributed by atoms with Crippen LogP contribution in [0.25, 0.3) is 48.1 Å². The van der Waals surface area contributed by atoms with Crippen molar-refractivity contribution in [3.63, 3.8) is 0 Å². The van der Waals surface area contributed by atoms with Crippen molar-refractivity contribution in [1.29, 1.82) is 0 Å². The van der Waals surface area contributed by atoms with Crippen LogP contribution in [0.15, 0.2) is 121 Å². The fourth-order valence-corrected chi connectivity index (χ4v) is 8.76. The minimum Gasteiger partial charge on any atom is -0.497 e. The largest absolute Gasteiger partial charge is 0.497 e. The number of rotatable bonds is 3. The van der Waals surface area contributed by atoms with E-state index in [2.05, 4.69) is 129 Å². The lowest BCUT2D eigenvalue weighted by Gasteiger charge is -2.38. The van der Waals surface area contributed by atoms with Gasteiger partial charge in [-0.2, -0.15) is 0 Å². The second kappa shape index (κ2) is 9.07. The van der Waals surface area contributed by atoms with Gasteiger partial charge < -0.3 is 9.47 Å². The van der Waals surface area contributed by atoms with Crippen LogP contribution in [0.5, 0.6) is 11.5 Å². The molecule has 0 spiro atoms. The standard InChI is InChI=1S/C41H30O2S/c1-40(2)34-14-8-6-13-31(34)37-29-11-4-5-12-30(29)39-32(38(37)40)22-23-41(43-39,25-16-19-27(42-3)20-17-25)26-18-21-36-33(24-26)28-10-7-9-15-35(28)44-36/h4-24H,1-3H3. The summed E-state index contributed by atoms with van der Waals surface area (Å²) < 4.78 is 15.6. The van der Waals surface area contributed by atoms with Gasteiger partial charge in [0.05, 0.1) is 7.11 Å². The molecule has 1 aliphatic heterocycles. The van der Waals surface area contributed by atoms with Gasteiger partial charge >= 0.3 is 0 Å². The average Bonchev–Trinajstić information content (AvgIpc) is 3.56. The molecule has 1 aromatic heterocycles. The molecular formula is C41H30O2S. The van der Waals surface area contributed by atoms with Crippen molar-refractivity contribution in [1.82, 2.24) is 0 Å². The van der Waals surface area contributed by atoms with Gasteiger partial charge in [-0.15, -0.1) is 11.3 Å². The Balaban J connectivity index is 1.35. The van der Waals surface area contributed by atoms with E-state index in [0.717, 1.165) is 28.0 Å². The highest BCUT2D eigenvalue weighted by atomic mass is 32.1. The monoisotopic (exact) mass is 586 g/mol. The predicted octanol–water partition coefficient (Wildman–Crippen LogP) is 10.9. The van der Waals surface area contributed by atoms with Crippen LogP contribution < -0.4 is 9.47 Å². The minimum atomic E-state index is -0.830. The second-order valence-electron chi connectivity index (χ2n) is 12.4. The summed E-state index contributed by atoms with van der Waals surface area (Å²) in [6, 6.07) is 41.5. The van der Waals surface area contributed by atoms with Gasteiger partial charge in [0.25, 0.3) is 0 Å². The quantitative estimate of drug-likeness (QED) is 0.205. The summed E-state index contributed by atoms with van der Waals surface area (Å²) in [6.07, 6.45) is 4.61. The number of benzene rings is 6. The highest BCUT2D eigenvalue weighted by Gasteiger charge is 2.44. The van der Waals surface area contributed by atoms with E-state index in [1.165, 1.54) is 53.4 Å². The molecule has 0 amide bonds. The zero-order valence-corrected chi connectivity index (χ0v) is 25.7. The summed E-state index contributed by atoms with van der Waals surface area (Å²) in [5.41, 5.74) is 7.70. The Morgan fingerprint density at radius 1 is 0.659 bits per heavy atom. The Hall–Kier alpha value is -4.86. The molecule has 1 aliphatic carbocycles. The molecule has 44 heavy (non-hydrogen) atoms. The van der Waals surface area contributed by atoms with Crippen LogP contribution in [0.4, 0.5) is 0 Å². The van der Waals surface area contributed by atoms with Crippen molar-refractivity contribution in [2.24, 2.45) is 0 Å². The number of ether oxygens (including phenoxy) is 2. The molecule has 2 nitrogen and oxygen atoms in total. The number of fused-ring (bicyclic) bond motifs is 11. The smallest absolute Gasteiger partial charge is 0.178 e. The molecule has 0 bridgehead atoms. The van der Waals surface area contributed by atoms with Crippen LogP contribution in [0.1, 0.15) is 41.7 Å². The highest BCUT2D eigenvalue weighted by Crippen LogP contribution is 2.58. The summed E-state index contributed by atoms with van der Waals surface area (Å²) in [6.45, 7) is 4.70. The summed E-state index contributed by atoms with van der Waals surface area (Å²) in [5, 5.41) is 4.91. The molecule has 0 saturated carbocycles. The Morgan fingerprint density at radius 3 is 2.16 bits per heavy atom. The van der Waals surface area contributed by atoms with Crippen LogP contribution in [0, 0.1) is 0 Å². The maximum absolute atomic E-state index is 7.51. The third-order valence-corrected chi connectivity index (χ3v) is 10.9. The minimum absolute atomic E-state index is 0.164. The first-order chi connectivity index (χ1) is 21.5. The van der Waals surface area contributed by atoms with Gasteiger partial charge in [-0.25, -0.2) is 0 Å². The number of thiophene rings is 1. The highest BCUT2D eigenvalue weighted by molar-refractivity contribution is 7.25. The Morgan fingerprint density at radius 2 is 1.34 bits per heavy atom. The van der Waals surface area contributed by atoms with E-state index >= 15 is 0 Å². The van der Waals surface area contributed by atoms with E-state index in [-0.39, 0.29) is 5.41 Å². The van der Waals surface area contributed by atoms with E-state index < -0.39 is 5.60 Å². The van der Waals surface area contributed by atoms with E-state index in [0.29, 0.717) is 0 Å². The SMILES string of the molecule is COc1ccc(C2(c3ccc4sc5ccccc5c4c3)C=Cc3c4c(c5ccccc5c3O2)-c2ccccc2C4(C)C)cc1. The first-order valence-electron chi connectivity index (χ1n) is 15.1. The molecule has 7 aromatic rings. The van der Waals surface area contributed by atoms with Gasteiger partial charge in [-0.3, -0.25) is 0 Å². The fraction of sp³-hybridized carbons (Fsp3) is 0.122. The van der Waals surface area contributed by atoms with Gasteiger partial charge in [0, 0.05) is 47.7 Å². The van der Waals surface area contributed by atoms with Gasteiger partial charge in [0.1, 0.15) is 11.5 Å². The molecule has 6 aromatic carbocycles.